The van der Waals surface area contributed by atoms with Crippen LogP contribution >= 0.6 is 11.3 Å². The maximum atomic E-state index is 12.5. The maximum absolute atomic E-state index is 12.5. The van der Waals surface area contributed by atoms with Crippen molar-refractivity contribution in [3.05, 3.63) is 34.7 Å². The van der Waals surface area contributed by atoms with E-state index in [2.05, 4.69) is 4.98 Å². The summed E-state index contributed by atoms with van der Waals surface area (Å²) in [6, 6.07) is 6.98. The second kappa shape index (κ2) is 5.61. The number of halogens is 3. The van der Waals surface area contributed by atoms with Crippen LogP contribution in [-0.2, 0) is 6.18 Å². The minimum atomic E-state index is -4.40. The number of hydrogen-bond acceptors (Lipinski definition) is 3. The first-order valence-corrected chi connectivity index (χ1v) is 6.65. The van der Waals surface area contributed by atoms with Gasteiger partial charge in [-0.2, -0.15) is 13.2 Å². The zero-order valence-electron chi connectivity index (χ0n) is 10.2. The highest BCUT2D eigenvalue weighted by atomic mass is 32.1. The SMILES string of the molecule is CCCOc1ccccc1-c1csc(C(F)(F)F)n1. The number of alkyl halides is 3. The van der Waals surface area contributed by atoms with Crippen LogP contribution in [0.1, 0.15) is 18.4 Å². The van der Waals surface area contributed by atoms with Crippen molar-refractivity contribution in [2.75, 3.05) is 6.61 Å². The van der Waals surface area contributed by atoms with E-state index < -0.39 is 11.2 Å². The maximum Gasteiger partial charge on any atom is 0.443 e. The summed E-state index contributed by atoms with van der Waals surface area (Å²) < 4.78 is 43.1. The predicted molar refractivity (Wildman–Crippen MR) is 68.3 cm³/mol. The summed E-state index contributed by atoms with van der Waals surface area (Å²) in [6.07, 6.45) is -3.57. The summed E-state index contributed by atoms with van der Waals surface area (Å²) in [5, 5.41) is 0.560. The zero-order chi connectivity index (χ0) is 13.9. The monoisotopic (exact) mass is 287 g/mol. The van der Waals surface area contributed by atoms with Crippen LogP contribution in [0.15, 0.2) is 29.6 Å². The number of aromatic nitrogens is 1. The average Bonchev–Trinajstić information content (AvgIpc) is 2.86. The van der Waals surface area contributed by atoms with Gasteiger partial charge in [0.2, 0.25) is 0 Å². The van der Waals surface area contributed by atoms with Gasteiger partial charge in [-0.1, -0.05) is 19.1 Å². The minimum Gasteiger partial charge on any atom is -0.493 e. The van der Waals surface area contributed by atoms with Gasteiger partial charge in [-0.3, -0.25) is 0 Å². The van der Waals surface area contributed by atoms with Crippen LogP contribution in [0.4, 0.5) is 13.2 Å². The van der Waals surface area contributed by atoms with Gasteiger partial charge < -0.3 is 4.74 Å². The van der Waals surface area contributed by atoms with Gasteiger partial charge in [-0.05, 0) is 18.6 Å². The van der Waals surface area contributed by atoms with E-state index in [1.165, 1.54) is 5.38 Å². The van der Waals surface area contributed by atoms with Crippen molar-refractivity contribution >= 4 is 11.3 Å². The Balaban J connectivity index is 2.33. The van der Waals surface area contributed by atoms with Crippen LogP contribution in [0.5, 0.6) is 5.75 Å². The number of nitrogens with zero attached hydrogens (tertiary/aromatic N) is 1. The number of benzene rings is 1. The predicted octanol–water partition coefficient (Wildman–Crippen LogP) is 4.62. The fraction of sp³-hybridized carbons (Fsp3) is 0.308. The molecule has 19 heavy (non-hydrogen) atoms. The number of rotatable bonds is 4. The van der Waals surface area contributed by atoms with Gasteiger partial charge in [0.15, 0.2) is 5.01 Å². The lowest BCUT2D eigenvalue weighted by atomic mass is 10.1. The van der Waals surface area contributed by atoms with E-state index in [0.29, 0.717) is 35.0 Å². The van der Waals surface area contributed by atoms with E-state index in [0.717, 1.165) is 6.42 Å². The molecule has 0 aliphatic rings. The number of hydrogen-bond donors (Lipinski definition) is 0. The minimum absolute atomic E-state index is 0.295. The van der Waals surface area contributed by atoms with Gasteiger partial charge >= 0.3 is 6.18 Å². The fourth-order valence-electron chi connectivity index (χ4n) is 1.54. The molecule has 0 aliphatic heterocycles. The molecule has 0 saturated heterocycles. The summed E-state index contributed by atoms with van der Waals surface area (Å²) in [7, 11) is 0. The van der Waals surface area contributed by atoms with Crippen LogP contribution in [0.3, 0.4) is 0 Å². The molecule has 0 amide bonds. The van der Waals surface area contributed by atoms with Crippen LogP contribution in [0, 0.1) is 0 Å². The Morgan fingerprint density at radius 2 is 2.00 bits per heavy atom. The van der Waals surface area contributed by atoms with Gasteiger partial charge in [0, 0.05) is 10.9 Å². The Bertz CT molecular complexity index is 551. The third-order valence-corrected chi connectivity index (χ3v) is 3.26. The largest absolute Gasteiger partial charge is 0.493 e. The number of ether oxygens (including phenoxy) is 1. The molecule has 0 aliphatic carbocycles. The Morgan fingerprint density at radius 1 is 1.26 bits per heavy atom. The summed E-state index contributed by atoms with van der Waals surface area (Å²) in [5.41, 5.74) is 0.881. The van der Waals surface area contributed by atoms with Gasteiger partial charge in [0.05, 0.1) is 12.3 Å². The lowest BCUT2D eigenvalue weighted by Crippen LogP contribution is -2.03. The van der Waals surface area contributed by atoms with Crippen molar-refractivity contribution < 1.29 is 17.9 Å². The molecule has 1 heterocycles. The molecule has 0 N–H and O–H groups in total. The standard InChI is InChI=1S/C13H12F3NOS/c1-2-7-18-11-6-4-3-5-9(11)10-8-19-12(17-10)13(14,15)16/h3-6,8H,2,7H2,1H3. The first-order valence-electron chi connectivity index (χ1n) is 5.77. The summed E-state index contributed by atoms with van der Waals surface area (Å²) in [5.74, 6) is 0.559. The van der Waals surface area contributed by atoms with Crippen molar-refractivity contribution in [3.8, 4) is 17.0 Å². The summed E-state index contributed by atoms with van der Waals surface area (Å²) in [4.78, 5) is 3.63. The molecule has 2 aromatic rings. The van der Waals surface area contributed by atoms with Crippen molar-refractivity contribution in [3.63, 3.8) is 0 Å². The van der Waals surface area contributed by atoms with E-state index in [1.807, 2.05) is 6.92 Å². The fourth-order valence-corrected chi connectivity index (χ4v) is 2.23. The molecule has 1 aromatic heterocycles. The van der Waals surface area contributed by atoms with Crippen molar-refractivity contribution in [2.45, 2.75) is 19.5 Å². The first kappa shape index (κ1) is 13.9. The van der Waals surface area contributed by atoms with E-state index in [4.69, 9.17) is 4.74 Å². The molecular weight excluding hydrogens is 275 g/mol. The van der Waals surface area contributed by atoms with Gasteiger partial charge in [-0.25, -0.2) is 4.98 Å². The smallest absolute Gasteiger partial charge is 0.443 e. The molecule has 1 aromatic carbocycles. The van der Waals surface area contributed by atoms with Crippen LogP contribution in [0.25, 0.3) is 11.3 Å². The van der Waals surface area contributed by atoms with E-state index in [1.54, 1.807) is 24.3 Å². The molecule has 6 heteroatoms. The van der Waals surface area contributed by atoms with Crippen LogP contribution in [0.2, 0.25) is 0 Å². The average molecular weight is 287 g/mol. The second-order valence-corrected chi connectivity index (χ2v) is 4.74. The van der Waals surface area contributed by atoms with E-state index in [-0.39, 0.29) is 0 Å². The van der Waals surface area contributed by atoms with Crippen LogP contribution in [-0.4, -0.2) is 11.6 Å². The second-order valence-electron chi connectivity index (χ2n) is 3.88. The van der Waals surface area contributed by atoms with Crippen molar-refractivity contribution in [1.82, 2.24) is 4.98 Å². The molecule has 2 nitrogen and oxygen atoms in total. The third kappa shape index (κ3) is 3.26. The highest BCUT2D eigenvalue weighted by Crippen LogP contribution is 2.36. The molecule has 0 fully saturated rings. The lowest BCUT2D eigenvalue weighted by Gasteiger charge is -2.08. The molecular formula is C13H12F3NOS. The quantitative estimate of drug-likeness (QED) is 0.818. The normalized spacial score (nSPS) is 11.6. The Morgan fingerprint density at radius 3 is 2.63 bits per heavy atom. The summed E-state index contributed by atoms with van der Waals surface area (Å²) in [6.45, 7) is 2.49. The van der Waals surface area contributed by atoms with Crippen molar-refractivity contribution in [1.29, 1.82) is 0 Å². The van der Waals surface area contributed by atoms with Gasteiger partial charge in [-0.15, -0.1) is 11.3 Å². The molecule has 0 atom stereocenters. The highest BCUT2D eigenvalue weighted by molar-refractivity contribution is 7.10. The Kier molecular flexibility index (Phi) is 4.09. The molecule has 0 spiro atoms. The molecule has 2 rings (SSSR count). The molecule has 0 saturated carbocycles. The number of thiazole rings is 1. The summed E-state index contributed by atoms with van der Waals surface area (Å²) >= 11 is 0.592. The lowest BCUT2D eigenvalue weighted by molar-refractivity contribution is -0.137. The number of para-hydroxylation sites is 1. The zero-order valence-corrected chi connectivity index (χ0v) is 11.0. The molecule has 102 valence electrons. The third-order valence-electron chi connectivity index (χ3n) is 2.37. The van der Waals surface area contributed by atoms with E-state index >= 15 is 0 Å². The Labute approximate surface area is 112 Å². The van der Waals surface area contributed by atoms with Gasteiger partial charge in [0.25, 0.3) is 0 Å². The van der Waals surface area contributed by atoms with E-state index in [9.17, 15) is 13.2 Å². The topological polar surface area (TPSA) is 22.1 Å². The van der Waals surface area contributed by atoms with Gasteiger partial charge in [0.1, 0.15) is 5.75 Å². The molecule has 0 unspecified atom stereocenters. The first-order chi connectivity index (χ1) is 9.02. The molecule has 0 radical (unpaired) electrons. The van der Waals surface area contributed by atoms with Crippen LogP contribution < -0.4 is 4.74 Å². The van der Waals surface area contributed by atoms with Crippen molar-refractivity contribution in [2.24, 2.45) is 0 Å². The highest BCUT2D eigenvalue weighted by Gasteiger charge is 2.34. The molecule has 0 bridgehead atoms. The Hall–Kier alpha value is -1.56.